The van der Waals surface area contributed by atoms with Crippen LogP contribution in [0.2, 0.25) is 0 Å². The average molecular weight is 460 g/mol. The van der Waals surface area contributed by atoms with E-state index < -0.39 is 15.7 Å². The Bertz CT molecular complexity index is 1170. The number of nitrogens with one attached hydrogen (secondary N) is 1. The molecule has 0 radical (unpaired) electrons. The molecule has 2 aromatic rings. The van der Waals surface area contributed by atoms with E-state index in [0.29, 0.717) is 41.4 Å². The molecule has 0 atom stereocenters. The Morgan fingerprint density at radius 2 is 1.69 bits per heavy atom. The third-order valence-electron chi connectivity index (χ3n) is 5.77. The molecular weight excluding hydrogens is 434 g/mol. The minimum absolute atomic E-state index is 0.127. The molecule has 2 aliphatic heterocycles. The second-order valence-electron chi connectivity index (χ2n) is 7.60. The topological polar surface area (TPSA) is 107 Å². The van der Waals surface area contributed by atoms with E-state index in [1.165, 1.54) is 30.7 Å². The van der Waals surface area contributed by atoms with Crippen LogP contribution in [-0.2, 0) is 14.8 Å². The zero-order valence-electron chi connectivity index (χ0n) is 18.1. The number of carbonyl (C=O) groups is 1. The molecule has 2 aliphatic rings. The first-order valence-electron chi connectivity index (χ1n) is 10.1. The second-order valence-corrected chi connectivity index (χ2v) is 9.54. The van der Waals surface area contributed by atoms with Crippen molar-refractivity contribution in [3.05, 3.63) is 48.0 Å². The first-order chi connectivity index (χ1) is 15.3. The van der Waals surface area contributed by atoms with Gasteiger partial charge in [-0.2, -0.15) is 4.31 Å². The van der Waals surface area contributed by atoms with E-state index in [4.69, 9.17) is 14.2 Å². The van der Waals surface area contributed by atoms with Gasteiger partial charge in [-0.3, -0.25) is 9.79 Å². The maximum Gasteiger partial charge on any atom is 0.272 e. The fraction of sp³-hybridized carbons (Fsp3) is 0.364. The number of rotatable bonds is 6. The summed E-state index contributed by atoms with van der Waals surface area (Å²) in [5, 5.41) is 2.96. The average Bonchev–Trinajstić information content (AvgIpc) is 3.14. The predicted molar refractivity (Wildman–Crippen MR) is 118 cm³/mol. The molecule has 1 fully saturated rings. The Morgan fingerprint density at radius 1 is 0.969 bits per heavy atom. The normalized spacial score (nSPS) is 18.2. The van der Waals surface area contributed by atoms with Gasteiger partial charge in [0.1, 0.15) is 17.1 Å². The molecule has 1 saturated heterocycles. The third kappa shape index (κ3) is 3.91. The van der Waals surface area contributed by atoms with Gasteiger partial charge in [0.05, 0.1) is 26.2 Å². The molecule has 0 aromatic heterocycles. The summed E-state index contributed by atoms with van der Waals surface area (Å²) in [4.78, 5) is 17.5. The lowest BCUT2D eigenvalue weighted by Crippen LogP contribution is -2.52. The summed E-state index contributed by atoms with van der Waals surface area (Å²) in [7, 11) is 0.778. The molecule has 170 valence electrons. The van der Waals surface area contributed by atoms with Crippen molar-refractivity contribution in [1.29, 1.82) is 0 Å². The highest BCUT2D eigenvalue weighted by atomic mass is 32.2. The van der Waals surface area contributed by atoms with Crippen molar-refractivity contribution < 1.29 is 27.4 Å². The molecule has 1 amide bonds. The molecule has 2 aromatic carbocycles. The smallest absolute Gasteiger partial charge is 0.272 e. The molecule has 32 heavy (non-hydrogen) atoms. The van der Waals surface area contributed by atoms with Gasteiger partial charge in [0.15, 0.2) is 11.5 Å². The SMILES string of the molecule is COc1cccc(C2=NC3(CCN(S(=O)(=O)c4ccc(OC)c(OC)c4)CC3)NC2=O)c1. The van der Waals surface area contributed by atoms with Gasteiger partial charge in [0, 0.05) is 37.6 Å². The Kier molecular flexibility index (Phi) is 5.83. The second kappa shape index (κ2) is 8.44. The van der Waals surface area contributed by atoms with Gasteiger partial charge in [-0.25, -0.2) is 8.42 Å². The lowest BCUT2D eigenvalue weighted by Gasteiger charge is -2.36. The van der Waals surface area contributed by atoms with Crippen LogP contribution >= 0.6 is 0 Å². The number of benzene rings is 2. The van der Waals surface area contributed by atoms with Crippen LogP contribution in [0.15, 0.2) is 52.4 Å². The Hall–Kier alpha value is -3.11. The minimum Gasteiger partial charge on any atom is -0.497 e. The maximum absolute atomic E-state index is 13.2. The zero-order valence-corrected chi connectivity index (χ0v) is 18.9. The summed E-state index contributed by atoms with van der Waals surface area (Å²) in [6, 6.07) is 11.7. The van der Waals surface area contributed by atoms with Gasteiger partial charge in [-0.1, -0.05) is 12.1 Å². The summed E-state index contributed by atoms with van der Waals surface area (Å²) in [6.07, 6.45) is 0.747. The molecule has 10 heteroatoms. The molecule has 0 unspecified atom stereocenters. The molecule has 0 saturated carbocycles. The zero-order chi connectivity index (χ0) is 22.9. The number of amides is 1. The first-order valence-corrected chi connectivity index (χ1v) is 11.5. The number of methoxy groups -OCH3 is 3. The number of nitrogens with zero attached hydrogens (tertiary/aromatic N) is 2. The Morgan fingerprint density at radius 3 is 2.34 bits per heavy atom. The lowest BCUT2D eigenvalue weighted by atomic mass is 10.00. The molecule has 1 N–H and O–H groups in total. The van der Waals surface area contributed by atoms with Gasteiger partial charge in [0.2, 0.25) is 10.0 Å². The summed E-state index contributed by atoms with van der Waals surface area (Å²) >= 11 is 0. The van der Waals surface area contributed by atoms with Crippen LogP contribution in [0.5, 0.6) is 17.2 Å². The molecule has 0 bridgehead atoms. The van der Waals surface area contributed by atoms with Crippen molar-refractivity contribution in [2.75, 3.05) is 34.4 Å². The van der Waals surface area contributed by atoms with Crippen LogP contribution in [0.3, 0.4) is 0 Å². The van der Waals surface area contributed by atoms with E-state index in [0.717, 1.165) is 0 Å². The molecular formula is C22H25N3O6S. The number of hydrogen-bond donors (Lipinski definition) is 1. The van der Waals surface area contributed by atoms with Gasteiger partial charge < -0.3 is 19.5 Å². The molecule has 9 nitrogen and oxygen atoms in total. The van der Waals surface area contributed by atoms with Crippen LogP contribution in [0.1, 0.15) is 18.4 Å². The Labute approximate surface area is 187 Å². The van der Waals surface area contributed by atoms with Crippen LogP contribution in [-0.4, -0.2) is 64.4 Å². The van der Waals surface area contributed by atoms with E-state index in [-0.39, 0.29) is 23.9 Å². The Balaban J connectivity index is 1.53. The fourth-order valence-electron chi connectivity index (χ4n) is 3.99. The minimum atomic E-state index is -3.73. The highest BCUT2D eigenvalue weighted by molar-refractivity contribution is 7.89. The standard InChI is InChI=1S/C22H25N3O6S/c1-29-16-6-4-5-15(13-16)20-21(26)24-22(23-20)9-11-25(12-10-22)32(27,28)17-7-8-18(30-2)19(14-17)31-3/h4-8,13-14H,9-12H2,1-3H3,(H,24,26). The molecule has 1 spiro atoms. The largest absolute Gasteiger partial charge is 0.497 e. The summed E-state index contributed by atoms with van der Waals surface area (Å²) < 4.78 is 43.4. The predicted octanol–water partition coefficient (Wildman–Crippen LogP) is 1.81. The van der Waals surface area contributed by atoms with Crippen LogP contribution in [0.25, 0.3) is 0 Å². The van der Waals surface area contributed by atoms with Crippen LogP contribution in [0.4, 0.5) is 0 Å². The highest BCUT2D eigenvalue weighted by Crippen LogP contribution is 2.34. The quantitative estimate of drug-likeness (QED) is 0.706. The van der Waals surface area contributed by atoms with Gasteiger partial charge in [-0.15, -0.1) is 0 Å². The highest BCUT2D eigenvalue weighted by Gasteiger charge is 2.44. The number of sulfonamides is 1. The number of hydrogen-bond acceptors (Lipinski definition) is 7. The van der Waals surface area contributed by atoms with Gasteiger partial charge in [-0.05, 0) is 24.3 Å². The summed E-state index contributed by atoms with van der Waals surface area (Å²) in [5.41, 5.74) is 0.193. The molecule has 2 heterocycles. The summed E-state index contributed by atoms with van der Waals surface area (Å²) in [5.74, 6) is 1.17. The molecule has 0 aliphatic carbocycles. The lowest BCUT2D eigenvalue weighted by molar-refractivity contribution is -0.115. The van der Waals surface area contributed by atoms with Crippen molar-refractivity contribution >= 4 is 21.6 Å². The van der Waals surface area contributed by atoms with E-state index in [2.05, 4.69) is 10.3 Å². The fourth-order valence-corrected chi connectivity index (χ4v) is 5.45. The number of piperidine rings is 1. The van der Waals surface area contributed by atoms with Crippen molar-refractivity contribution in [2.24, 2.45) is 4.99 Å². The van der Waals surface area contributed by atoms with Crippen molar-refractivity contribution in [1.82, 2.24) is 9.62 Å². The maximum atomic E-state index is 13.2. The number of aliphatic imine (C=N–C) groups is 1. The number of carbonyl (C=O) groups excluding carboxylic acids is 1. The van der Waals surface area contributed by atoms with Crippen molar-refractivity contribution in [3.63, 3.8) is 0 Å². The van der Waals surface area contributed by atoms with E-state index in [1.807, 2.05) is 0 Å². The molecule has 4 rings (SSSR count). The monoisotopic (exact) mass is 459 g/mol. The van der Waals surface area contributed by atoms with Gasteiger partial charge in [0.25, 0.3) is 5.91 Å². The number of ether oxygens (including phenoxy) is 3. The van der Waals surface area contributed by atoms with Gasteiger partial charge >= 0.3 is 0 Å². The first kappa shape index (κ1) is 22.1. The van der Waals surface area contributed by atoms with Crippen molar-refractivity contribution in [3.8, 4) is 17.2 Å². The third-order valence-corrected chi connectivity index (χ3v) is 7.67. The van der Waals surface area contributed by atoms with E-state index in [1.54, 1.807) is 37.4 Å². The summed E-state index contributed by atoms with van der Waals surface area (Å²) in [6.45, 7) is 0.456. The van der Waals surface area contributed by atoms with Crippen LogP contribution in [0, 0.1) is 0 Å². The van der Waals surface area contributed by atoms with E-state index >= 15 is 0 Å². The van der Waals surface area contributed by atoms with Crippen molar-refractivity contribution in [2.45, 2.75) is 23.4 Å². The van der Waals surface area contributed by atoms with E-state index in [9.17, 15) is 13.2 Å². The van der Waals surface area contributed by atoms with Crippen LogP contribution < -0.4 is 19.5 Å².